The zero-order chi connectivity index (χ0) is 24.7. The van der Waals surface area contributed by atoms with Crippen LogP contribution in [0.15, 0.2) is 54.6 Å². The summed E-state index contributed by atoms with van der Waals surface area (Å²) in [6.07, 6.45) is 0.825. The van der Waals surface area contributed by atoms with Crippen LogP contribution in [0.3, 0.4) is 0 Å². The van der Waals surface area contributed by atoms with E-state index in [-0.39, 0.29) is 30.9 Å². The number of esters is 2. The molecule has 8 nitrogen and oxygen atoms in total. The molecule has 3 aromatic rings. The molecule has 0 saturated carbocycles. The molecule has 1 atom stereocenters. The molecule has 0 fully saturated rings. The van der Waals surface area contributed by atoms with Crippen molar-refractivity contribution in [1.82, 2.24) is 15.1 Å². The van der Waals surface area contributed by atoms with Gasteiger partial charge in [-0.2, -0.15) is 5.10 Å². The summed E-state index contributed by atoms with van der Waals surface area (Å²) in [5, 5.41) is 7.38. The minimum absolute atomic E-state index is 0.190. The summed E-state index contributed by atoms with van der Waals surface area (Å²) in [6.45, 7) is 5.34. The van der Waals surface area contributed by atoms with Crippen LogP contribution < -0.4 is 5.32 Å². The van der Waals surface area contributed by atoms with Gasteiger partial charge in [-0.05, 0) is 62.6 Å². The van der Waals surface area contributed by atoms with Crippen molar-refractivity contribution < 1.29 is 23.9 Å². The Morgan fingerprint density at radius 1 is 1.03 bits per heavy atom. The predicted octanol–water partition coefficient (Wildman–Crippen LogP) is 3.63. The van der Waals surface area contributed by atoms with Crippen LogP contribution in [0.5, 0.6) is 0 Å². The number of amides is 1. The minimum Gasteiger partial charge on any atom is -0.469 e. The molecule has 0 bridgehead atoms. The molecule has 1 amide bonds. The summed E-state index contributed by atoms with van der Waals surface area (Å²) in [5.74, 6) is -1.22. The van der Waals surface area contributed by atoms with E-state index in [0.29, 0.717) is 12.0 Å². The molecule has 0 radical (unpaired) electrons. The molecule has 1 aromatic heterocycles. The zero-order valence-electron chi connectivity index (χ0n) is 19.8. The largest absolute Gasteiger partial charge is 0.469 e. The number of hydrogen-bond acceptors (Lipinski definition) is 6. The zero-order valence-corrected chi connectivity index (χ0v) is 19.8. The van der Waals surface area contributed by atoms with Gasteiger partial charge in [0.2, 0.25) is 0 Å². The average Bonchev–Trinajstić information content (AvgIpc) is 3.14. The Morgan fingerprint density at radius 2 is 1.71 bits per heavy atom. The maximum Gasteiger partial charge on any atom is 0.338 e. The van der Waals surface area contributed by atoms with Gasteiger partial charge in [-0.1, -0.05) is 30.3 Å². The fourth-order valence-electron chi connectivity index (χ4n) is 3.68. The first-order chi connectivity index (χ1) is 16.3. The van der Waals surface area contributed by atoms with Crippen LogP contribution in [-0.4, -0.2) is 41.3 Å². The van der Waals surface area contributed by atoms with Crippen LogP contribution in [0, 0.1) is 13.8 Å². The van der Waals surface area contributed by atoms with Crippen LogP contribution in [0.4, 0.5) is 0 Å². The van der Waals surface area contributed by atoms with Gasteiger partial charge < -0.3 is 14.8 Å². The Bertz CT molecular complexity index is 1150. The summed E-state index contributed by atoms with van der Waals surface area (Å²) >= 11 is 0. The number of rotatable bonds is 9. The summed E-state index contributed by atoms with van der Waals surface area (Å²) < 4.78 is 11.7. The normalized spacial score (nSPS) is 11.5. The molecule has 0 spiro atoms. The lowest BCUT2D eigenvalue weighted by atomic mass is 10.1. The number of ether oxygens (including phenoxy) is 2. The van der Waals surface area contributed by atoms with Crippen molar-refractivity contribution in [2.75, 3.05) is 13.7 Å². The minimum atomic E-state index is -0.582. The Hall–Kier alpha value is -3.94. The SMILES string of the molecule is COC(=O)CCc1c(C)nn(-c2ccc(C(=O)OCC(=O)NC(C)c3ccccc3)cc2)c1C. The molecule has 0 saturated heterocycles. The highest BCUT2D eigenvalue weighted by atomic mass is 16.5. The van der Waals surface area contributed by atoms with Crippen LogP contribution in [-0.2, 0) is 25.5 Å². The van der Waals surface area contributed by atoms with Gasteiger partial charge in [0.25, 0.3) is 5.91 Å². The van der Waals surface area contributed by atoms with Crippen LogP contribution in [0.2, 0.25) is 0 Å². The molecular formula is C26H29N3O5. The number of benzene rings is 2. The molecule has 8 heteroatoms. The fourth-order valence-corrected chi connectivity index (χ4v) is 3.68. The molecule has 0 aliphatic rings. The van der Waals surface area contributed by atoms with Gasteiger partial charge in [0.15, 0.2) is 6.61 Å². The molecule has 2 aromatic carbocycles. The van der Waals surface area contributed by atoms with E-state index in [9.17, 15) is 14.4 Å². The molecule has 1 heterocycles. The first-order valence-corrected chi connectivity index (χ1v) is 11.0. The molecule has 1 N–H and O–H groups in total. The third-order valence-corrected chi connectivity index (χ3v) is 5.61. The lowest BCUT2D eigenvalue weighted by Gasteiger charge is -2.14. The van der Waals surface area contributed by atoms with E-state index in [4.69, 9.17) is 9.47 Å². The number of aromatic nitrogens is 2. The van der Waals surface area contributed by atoms with E-state index >= 15 is 0 Å². The number of aryl methyl sites for hydroxylation is 1. The maximum atomic E-state index is 12.4. The number of methoxy groups -OCH3 is 1. The second-order valence-corrected chi connectivity index (χ2v) is 7.96. The Balaban J connectivity index is 1.58. The predicted molar refractivity (Wildman–Crippen MR) is 127 cm³/mol. The highest BCUT2D eigenvalue weighted by Crippen LogP contribution is 2.20. The monoisotopic (exact) mass is 463 g/mol. The Kier molecular flexibility index (Phi) is 8.19. The van der Waals surface area contributed by atoms with Crippen molar-refractivity contribution in [3.63, 3.8) is 0 Å². The van der Waals surface area contributed by atoms with Gasteiger partial charge in [0.05, 0.1) is 30.1 Å². The van der Waals surface area contributed by atoms with Crippen LogP contribution >= 0.6 is 0 Å². The summed E-state index contributed by atoms with van der Waals surface area (Å²) in [6, 6.07) is 16.1. The van der Waals surface area contributed by atoms with Gasteiger partial charge in [-0.15, -0.1) is 0 Å². The molecule has 34 heavy (non-hydrogen) atoms. The Labute approximate surface area is 198 Å². The first-order valence-electron chi connectivity index (χ1n) is 11.0. The maximum absolute atomic E-state index is 12.4. The van der Waals surface area contributed by atoms with Crippen molar-refractivity contribution in [2.45, 2.75) is 39.7 Å². The van der Waals surface area contributed by atoms with Gasteiger partial charge in [0.1, 0.15) is 0 Å². The van der Waals surface area contributed by atoms with E-state index in [0.717, 1.165) is 28.2 Å². The number of carbonyl (C=O) groups excluding carboxylic acids is 3. The van der Waals surface area contributed by atoms with E-state index < -0.39 is 5.97 Å². The van der Waals surface area contributed by atoms with E-state index in [1.54, 1.807) is 28.9 Å². The van der Waals surface area contributed by atoms with Crippen molar-refractivity contribution in [3.8, 4) is 5.69 Å². The van der Waals surface area contributed by atoms with E-state index in [2.05, 4.69) is 10.4 Å². The third-order valence-electron chi connectivity index (χ3n) is 5.61. The van der Waals surface area contributed by atoms with Crippen molar-refractivity contribution in [2.24, 2.45) is 0 Å². The number of hydrogen-bond donors (Lipinski definition) is 1. The van der Waals surface area contributed by atoms with E-state index in [1.807, 2.05) is 51.1 Å². The summed E-state index contributed by atoms with van der Waals surface area (Å²) in [4.78, 5) is 36.0. The van der Waals surface area contributed by atoms with E-state index in [1.165, 1.54) is 7.11 Å². The molecule has 0 aliphatic carbocycles. The Morgan fingerprint density at radius 3 is 2.35 bits per heavy atom. The molecule has 1 unspecified atom stereocenters. The van der Waals surface area contributed by atoms with Crippen molar-refractivity contribution in [3.05, 3.63) is 82.7 Å². The standard InChI is InChI=1S/C26H29N3O5/c1-17(20-8-6-5-7-9-20)27-24(30)16-34-26(32)21-10-12-22(13-11-21)29-19(3)23(18(2)28-29)14-15-25(31)33-4/h5-13,17H,14-16H2,1-4H3,(H,27,30). The number of nitrogens with zero attached hydrogens (tertiary/aromatic N) is 2. The van der Waals surface area contributed by atoms with Gasteiger partial charge >= 0.3 is 11.9 Å². The highest BCUT2D eigenvalue weighted by Gasteiger charge is 2.16. The second kappa shape index (κ2) is 11.3. The van der Waals surface area contributed by atoms with Crippen molar-refractivity contribution in [1.29, 1.82) is 0 Å². The molecule has 3 rings (SSSR count). The smallest absolute Gasteiger partial charge is 0.338 e. The van der Waals surface area contributed by atoms with Gasteiger partial charge in [0, 0.05) is 12.1 Å². The van der Waals surface area contributed by atoms with Gasteiger partial charge in [-0.3, -0.25) is 9.59 Å². The average molecular weight is 464 g/mol. The summed E-state index contributed by atoms with van der Waals surface area (Å²) in [5.41, 5.74) is 4.82. The lowest BCUT2D eigenvalue weighted by Crippen LogP contribution is -2.31. The molecule has 0 aliphatic heterocycles. The number of nitrogens with one attached hydrogen (secondary N) is 1. The first kappa shape index (κ1) is 24.7. The topological polar surface area (TPSA) is 99.5 Å². The molecular weight excluding hydrogens is 434 g/mol. The van der Waals surface area contributed by atoms with Crippen LogP contribution in [0.1, 0.15) is 52.3 Å². The van der Waals surface area contributed by atoms with Gasteiger partial charge in [-0.25, -0.2) is 9.48 Å². The third kappa shape index (κ3) is 6.10. The highest BCUT2D eigenvalue weighted by molar-refractivity contribution is 5.91. The summed E-state index contributed by atoms with van der Waals surface area (Å²) in [7, 11) is 1.37. The van der Waals surface area contributed by atoms with Crippen LogP contribution in [0.25, 0.3) is 5.69 Å². The quantitative estimate of drug-likeness (QED) is 0.487. The second-order valence-electron chi connectivity index (χ2n) is 7.96. The lowest BCUT2D eigenvalue weighted by molar-refractivity contribution is -0.140. The number of carbonyl (C=O) groups is 3. The van der Waals surface area contributed by atoms with Crippen molar-refractivity contribution >= 4 is 17.8 Å². The fraction of sp³-hybridized carbons (Fsp3) is 0.308. The molecule has 178 valence electrons.